The molecule has 4 rings (SSSR count). The first-order valence-corrected chi connectivity index (χ1v) is 12.1. The average molecular weight is 462 g/mol. The number of fused-ring (bicyclic) bond motifs is 1. The highest BCUT2D eigenvalue weighted by molar-refractivity contribution is 8.00. The highest BCUT2D eigenvalue weighted by atomic mass is 32.2. The van der Waals surface area contributed by atoms with Crippen molar-refractivity contribution in [3.63, 3.8) is 0 Å². The van der Waals surface area contributed by atoms with Crippen LogP contribution >= 0.6 is 23.1 Å². The topological polar surface area (TPSA) is 71.1 Å². The van der Waals surface area contributed by atoms with Crippen LogP contribution < -0.4 is 10.6 Å². The zero-order valence-electron chi connectivity index (χ0n) is 17.8. The molecule has 32 heavy (non-hydrogen) atoms. The molecule has 162 valence electrons. The van der Waals surface area contributed by atoms with E-state index in [2.05, 4.69) is 33.8 Å². The van der Waals surface area contributed by atoms with Crippen LogP contribution in [0.5, 0.6) is 0 Å². The molecule has 0 fully saturated rings. The zero-order valence-corrected chi connectivity index (χ0v) is 19.4. The Morgan fingerprint density at radius 3 is 2.59 bits per heavy atom. The Kier molecular flexibility index (Phi) is 6.87. The Balaban J connectivity index is 1.50. The van der Waals surface area contributed by atoms with E-state index >= 15 is 0 Å². The normalized spacial score (nSPS) is 11.0. The van der Waals surface area contributed by atoms with Crippen LogP contribution in [0.4, 0.5) is 5.13 Å². The summed E-state index contributed by atoms with van der Waals surface area (Å²) < 4.78 is 0. The number of benzene rings is 3. The van der Waals surface area contributed by atoms with Gasteiger partial charge in [0.1, 0.15) is 0 Å². The summed E-state index contributed by atoms with van der Waals surface area (Å²) in [7, 11) is 0. The maximum atomic E-state index is 13.0. The lowest BCUT2D eigenvalue weighted by Crippen LogP contribution is -2.31. The van der Waals surface area contributed by atoms with E-state index in [1.807, 2.05) is 61.7 Å². The van der Waals surface area contributed by atoms with Gasteiger partial charge in [-0.2, -0.15) is 0 Å². The summed E-state index contributed by atoms with van der Waals surface area (Å²) in [6.07, 6.45) is 0. The number of hydrogen-bond acceptors (Lipinski definition) is 5. The molecule has 0 spiro atoms. The number of nitrogens with one attached hydrogen (secondary N) is 2. The molecule has 0 aliphatic carbocycles. The summed E-state index contributed by atoms with van der Waals surface area (Å²) in [4.78, 5) is 30.4. The van der Waals surface area contributed by atoms with Gasteiger partial charge < -0.3 is 5.32 Å². The molecular formula is C25H23N3O2S2. The average Bonchev–Trinajstić information content (AvgIpc) is 3.25. The maximum Gasteiger partial charge on any atom is 0.258 e. The molecule has 2 amide bonds. The number of rotatable bonds is 7. The SMILES string of the molecule is CC(C)NC(=O)CSc1ccccc1C(=O)Nc1nc(-c2cccc3ccccc23)cs1. The summed E-state index contributed by atoms with van der Waals surface area (Å²) in [5.74, 6) is -0.0404. The van der Waals surface area contributed by atoms with Gasteiger partial charge >= 0.3 is 0 Å². The maximum absolute atomic E-state index is 13.0. The van der Waals surface area contributed by atoms with Gasteiger partial charge in [0.05, 0.1) is 17.0 Å². The lowest BCUT2D eigenvalue weighted by atomic mass is 10.0. The molecule has 0 atom stereocenters. The van der Waals surface area contributed by atoms with E-state index in [4.69, 9.17) is 0 Å². The van der Waals surface area contributed by atoms with Crippen molar-refractivity contribution in [3.05, 3.63) is 77.7 Å². The Morgan fingerprint density at radius 1 is 1.00 bits per heavy atom. The first-order chi connectivity index (χ1) is 15.5. The number of aromatic nitrogens is 1. The molecule has 0 saturated carbocycles. The van der Waals surface area contributed by atoms with Gasteiger partial charge in [-0.05, 0) is 36.8 Å². The van der Waals surface area contributed by atoms with Crippen LogP contribution in [-0.2, 0) is 4.79 Å². The van der Waals surface area contributed by atoms with Gasteiger partial charge in [-0.25, -0.2) is 4.98 Å². The third kappa shape index (κ3) is 5.18. The molecule has 0 bridgehead atoms. The van der Waals surface area contributed by atoms with Gasteiger partial charge in [0.25, 0.3) is 5.91 Å². The fraction of sp³-hybridized carbons (Fsp3) is 0.160. The Bertz CT molecular complexity index is 1260. The number of nitrogens with zero attached hydrogens (tertiary/aromatic N) is 1. The third-order valence-electron chi connectivity index (χ3n) is 4.73. The smallest absolute Gasteiger partial charge is 0.258 e. The largest absolute Gasteiger partial charge is 0.353 e. The van der Waals surface area contributed by atoms with E-state index < -0.39 is 0 Å². The summed E-state index contributed by atoms with van der Waals surface area (Å²) in [5, 5.41) is 10.5. The molecule has 1 aromatic heterocycles. The number of thiazole rings is 1. The molecule has 5 nitrogen and oxygen atoms in total. The number of carbonyl (C=O) groups is 2. The Hall–Kier alpha value is -3.16. The second-order valence-electron chi connectivity index (χ2n) is 7.53. The van der Waals surface area contributed by atoms with Crippen LogP contribution in [0.2, 0.25) is 0 Å². The standard InChI is InChI=1S/C25H23N3O2S2/c1-16(2)26-23(29)15-31-22-13-6-5-11-20(22)24(30)28-25-27-21(14-32-25)19-12-7-9-17-8-3-4-10-18(17)19/h3-14,16H,15H2,1-2H3,(H,26,29)(H,27,28,30). The van der Waals surface area contributed by atoms with Crippen LogP contribution in [0.15, 0.2) is 77.0 Å². The fourth-order valence-corrected chi connectivity index (χ4v) is 4.92. The lowest BCUT2D eigenvalue weighted by Gasteiger charge is -2.10. The van der Waals surface area contributed by atoms with E-state index in [1.165, 1.54) is 23.1 Å². The van der Waals surface area contributed by atoms with Gasteiger partial charge in [-0.3, -0.25) is 14.9 Å². The van der Waals surface area contributed by atoms with E-state index in [0.717, 1.165) is 26.9 Å². The minimum absolute atomic E-state index is 0.0557. The predicted molar refractivity (Wildman–Crippen MR) is 133 cm³/mol. The lowest BCUT2D eigenvalue weighted by molar-refractivity contribution is -0.119. The van der Waals surface area contributed by atoms with Crippen LogP contribution in [-0.4, -0.2) is 28.6 Å². The molecule has 0 radical (unpaired) electrons. The number of thioether (sulfide) groups is 1. The number of carbonyl (C=O) groups excluding carboxylic acids is 2. The molecule has 3 aromatic carbocycles. The second kappa shape index (κ2) is 9.97. The monoisotopic (exact) mass is 461 g/mol. The van der Waals surface area contributed by atoms with Gasteiger partial charge in [-0.1, -0.05) is 54.6 Å². The van der Waals surface area contributed by atoms with Crippen molar-refractivity contribution in [2.24, 2.45) is 0 Å². The predicted octanol–water partition coefficient (Wildman–Crippen LogP) is 5.83. The van der Waals surface area contributed by atoms with Crippen molar-refractivity contribution in [2.75, 3.05) is 11.1 Å². The molecule has 0 aliphatic rings. The van der Waals surface area contributed by atoms with Crippen molar-refractivity contribution >= 4 is 50.8 Å². The van der Waals surface area contributed by atoms with Crippen LogP contribution in [0, 0.1) is 0 Å². The van der Waals surface area contributed by atoms with Crippen LogP contribution in [0.1, 0.15) is 24.2 Å². The molecule has 2 N–H and O–H groups in total. The number of anilines is 1. The number of hydrogen-bond donors (Lipinski definition) is 2. The van der Waals surface area contributed by atoms with Crippen molar-refractivity contribution in [1.82, 2.24) is 10.3 Å². The minimum Gasteiger partial charge on any atom is -0.353 e. The molecule has 7 heteroatoms. The molecule has 1 heterocycles. The van der Waals surface area contributed by atoms with Crippen molar-refractivity contribution < 1.29 is 9.59 Å². The van der Waals surface area contributed by atoms with E-state index in [0.29, 0.717) is 10.7 Å². The molecule has 0 saturated heterocycles. The number of amides is 2. The van der Waals surface area contributed by atoms with Gasteiger partial charge in [0, 0.05) is 21.9 Å². The molecule has 0 aliphatic heterocycles. The summed E-state index contributed by atoms with van der Waals surface area (Å²) in [6.45, 7) is 3.84. The van der Waals surface area contributed by atoms with Crippen molar-refractivity contribution in [2.45, 2.75) is 24.8 Å². The third-order valence-corrected chi connectivity index (χ3v) is 6.56. The molecule has 0 unspecified atom stereocenters. The quantitative estimate of drug-likeness (QED) is 0.340. The highest BCUT2D eigenvalue weighted by Gasteiger charge is 2.15. The van der Waals surface area contributed by atoms with Crippen LogP contribution in [0.25, 0.3) is 22.0 Å². The Morgan fingerprint density at radius 2 is 1.75 bits per heavy atom. The fourth-order valence-electron chi connectivity index (χ4n) is 3.36. The molecule has 4 aromatic rings. The van der Waals surface area contributed by atoms with Crippen molar-refractivity contribution in [1.29, 1.82) is 0 Å². The summed E-state index contributed by atoms with van der Waals surface area (Å²) >= 11 is 2.74. The summed E-state index contributed by atoms with van der Waals surface area (Å²) in [5.41, 5.74) is 2.39. The highest BCUT2D eigenvalue weighted by Crippen LogP contribution is 2.31. The van der Waals surface area contributed by atoms with Crippen LogP contribution in [0.3, 0.4) is 0 Å². The molecular weight excluding hydrogens is 438 g/mol. The second-order valence-corrected chi connectivity index (χ2v) is 9.40. The summed E-state index contributed by atoms with van der Waals surface area (Å²) in [6, 6.07) is 21.7. The zero-order chi connectivity index (χ0) is 22.5. The van der Waals surface area contributed by atoms with E-state index in [-0.39, 0.29) is 23.6 Å². The Labute approximate surface area is 195 Å². The van der Waals surface area contributed by atoms with Gasteiger partial charge in [-0.15, -0.1) is 23.1 Å². The first kappa shape index (κ1) is 22.0. The first-order valence-electron chi connectivity index (χ1n) is 10.3. The van der Waals surface area contributed by atoms with E-state index in [1.54, 1.807) is 6.07 Å². The van der Waals surface area contributed by atoms with Gasteiger partial charge in [0.2, 0.25) is 5.91 Å². The van der Waals surface area contributed by atoms with Crippen molar-refractivity contribution in [3.8, 4) is 11.3 Å². The minimum atomic E-state index is -0.240. The van der Waals surface area contributed by atoms with E-state index in [9.17, 15) is 9.59 Å². The van der Waals surface area contributed by atoms with Gasteiger partial charge in [0.15, 0.2) is 5.13 Å².